The van der Waals surface area contributed by atoms with E-state index in [0.29, 0.717) is 17.8 Å². The Morgan fingerprint density at radius 2 is 2.00 bits per heavy atom. The van der Waals surface area contributed by atoms with E-state index in [1.807, 2.05) is 37.9 Å². The van der Waals surface area contributed by atoms with Crippen LogP contribution in [0.4, 0.5) is 0 Å². The van der Waals surface area contributed by atoms with Gasteiger partial charge in [-0.2, -0.15) is 0 Å². The molecule has 2 aliphatic heterocycles. The predicted molar refractivity (Wildman–Crippen MR) is 82.4 cm³/mol. The number of carbonyl (C=O) groups excluding carboxylic acids is 2. The molecular formula is C16H22N2O3. The maximum absolute atomic E-state index is 12.5. The molecule has 1 unspecified atom stereocenters. The molecule has 5 nitrogen and oxygen atoms in total. The van der Waals surface area contributed by atoms with Gasteiger partial charge in [0.05, 0.1) is 12.8 Å². The van der Waals surface area contributed by atoms with Crippen molar-refractivity contribution in [3.05, 3.63) is 47.9 Å². The van der Waals surface area contributed by atoms with Gasteiger partial charge in [0.1, 0.15) is 0 Å². The number of esters is 1. The summed E-state index contributed by atoms with van der Waals surface area (Å²) in [7, 11) is 3.15. The van der Waals surface area contributed by atoms with Gasteiger partial charge in [0, 0.05) is 19.2 Å². The summed E-state index contributed by atoms with van der Waals surface area (Å²) >= 11 is 0. The summed E-state index contributed by atoms with van der Waals surface area (Å²) in [6.07, 6.45) is 10.5. The van der Waals surface area contributed by atoms with E-state index in [-0.39, 0.29) is 5.78 Å². The number of methoxy groups -OCH3 is 1. The lowest BCUT2D eigenvalue weighted by Crippen LogP contribution is -2.41. The first kappa shape index (κ1) is 16.8. The third-order valence-corrected chi connectivity index (χ3v) is 3.06. The van der Waals surface area contributed by atoms with Gasteiger partial charge in [0.2, 0.25) is 5.78 Å². The van der Waals surface area contributed by atoms with Crippen LogP contribution in [0.2, 0.25) is 0 Å². The van der Waals surface area contributed by atoms with Crippen LogP contribution in [0.5, 0.6) is 0 Å². The topological polar surface area (TPSA) is 58.6 Å². The number of likely N-dealkylation sites (N-methyl/N-ethyl adjacent to an activating group) is 1. The number of dihydropyridines is 1. The fraction of sp³-hybridized carbons (Fsp3) is 0.375. The molecule has 114 valence electrons. The van der Waals surface area contributed by atoms with Crippen LogP contribution < -0.4 is 5.32 Å². The van der Waals surface area contributed by atoms with Gasteiger partial charge in [-0.05, 0) is 18.4 Å². The molecule has 0 radical (unpaired) electrons. The van der Waals surface area contributed by atoms with Crippen molar-refractivity contribution in [2.75, 3.05) is 20.7 Å². The van der Waals surface area contributed by atoms with Crippen molar-refractivity contribution in [1.82, 2.24) is 10.2 Å². The zero-order chi connectivity index (χ0) is 15.8. The molecule has 0 saturated heterocycles. The fourth-order valence-corrected chi connectivity index (χ4v) is 2.01. The molecule has 0 aromatic carbocycles. The first-order valence-electron chi connectivity index (χ1n) is 6.98. The molecule has 0 bridgehead atoms. The molecule has 2 heterocycles. The third kappa shape index (κ3) is 3.84. The summed E-state index contributed by atoms with van der Waals surface area (Å²) in [6, 6.07) is -0.747. The number of Topliss-reactive ketones (excluding diaryl/α,β-unsaturated/α-hetero) is 1. The molecule has 1 atom stereocenters. The van der Waals surface area contributed by atoms with Gasteiger partial charge >= 0.3 is 5.97 Å². The number of ketones is 1. The smallest absolute Gasteiger partial charge is 0.333 e. The second-order valence-corrected chi connectivity index (χ2v) is 4.29. The normalized spacial score (nSPS) is 19.6. The van der Waals surface area contributed by atoms with E-state index in [4.69, 9.17) is 4.74 Å². The first-order valence-corrected chi connectivity index (χ1v) is 6.98. The number of nitrogens with one attached hydrogen (secondary N) is 1. The van der Waals surface area contributed by atoms with Crippen LogP contribution in [0.1, 0.15) is 13.8 Å². The van der Waals surface area contributed by atoms with E-state index in [1.54, 1.807) is 24.4 Å². The number of hydrogen-bond acceptors (Lipinski definition) is 5. The van der Waals surface area contributed by atoms with Crippen LogP contribution in [0.25, 0.3) is 0 Å². The van der Waals surface area contributed by atoms with E-state index in [0.717, 1.165) is 0 Å². The number of allylic oxidation sites excluding steroid dienone is 5. The molecule has 0 fully saturated rings. The maximum Gasteiger partial charge on any atom is 0.333 e. The Balaban J connectivity index is 0.00000106. The number of carbonyl (C=O) groups is 2. The third-order valence-electron chi connectivity index (χ3n) is 3.06. The highest BCUT2D eigenvalue weighted by molar-refractivity contribution is 6.12. The highest BCUT2D eigenvalue weighted by Gasteiger charge is 2.31. The zero-order valence-electron chi connectivity index (χ0n) is 12.9. The van der Waals surface area contributed by atoms with Crippen molar-refractivity contribution in [2.45, 2.75) is 19.9 Å². The summed E-state index contributed by atoms with van der Waals surface area (Å²) in [5.41, 5.74) is 0.961. The monoisotopic (exact) mass is 290 g/mol. The molecule has 0 aliphatic carbocycles. The number of rotatable bonds is 3. The number of ether oxygens (including phenoxy) is 1. The van der Waals surface area contributed by atoms with Gasteiger partial charge in [-0.15, -0.1) is 0 Å². The molecule has 2 aliphatic rings. The zero-order valence-corrected chi connectivity index (χ0v) is 12.9. The van der Waals surface area contributed by atoms with Gasteiger partial charge in [-0.25, -0.2) is 4.79 Å². The predicted octanol–water partition coefficient (Wildman–Crippen LogP) is 1.55. The Labute approximate surface area is 125 Å². The standard InChI is InChI=1S/C14H16N2O3.C2H6/c1-16-9-4-3-7-11(16)13(17)10-6-5-8-15-12(10)14(18)19-2;1-2/h3-8,12,15H,9H2,1-2H3;1-2H3. The van der Waals surface area contributed by atoms with Crippen LogP contribution in [0.3, 0.4) is 0 Å². The fourth-order valence-electron chi connectivity index (χ4n) is 2.01. The Bertz CT molecular complexity index is 516. The molecule has 0 aromatic heterocycles. The van der Waals surface area contributed by atoms with Crippen molar-refractivity contribution in [1.29, 1.82) is 0 Å². The van der Waals surface area contributed by atoms with E-state index in [2.05, 4.69) is 5.32 Å². The lowest BCUT2D eigenvalue weighted by Gasteiger charge is -2.26. The number of hydrogen-bond donors (Lipinski definition) is 1. The van der Waals surface area contributed by atoms with E-state index < -0.39 is 12.0 Å². The Kier molecular flexibility index (Phi) is 6.46. The molecule has 5 heteroatoms. The van der Waals surface area contributed by atoms with E-state index in [9.17, 15) is 9.59 Å². The summed E-state index contributed by atoms with van der Waals surface area (Å²) < 4.78 is 4.71. The van der Waals surface area contributed by atoms with Crippen molar-refractivity contribution in [3.63, 3.8) is 0 Å². The average Bonchev–Trinajstić information content (AvgIpc) is 2.56. The lowest BCUT2D eigenvalue weighted by atomic mass is 9.97. The van der Waals surface area contributed by atoms with Crippen molar-refractivity contribution in [3.8, 4) is 0 Å². The second kappa shape index (κ2) is 8.09. The molecule has 2 rings (SSSR count). The number of nitrogens with zero attached hydrogens (tertiary/aromatic N) is 1. The minimum absolute atomic E-state index is 0.167. The highest BCUT2D eigenvalue weighted by atomic mass is 16.5. The van der Waals surface area contributed by atoms with Crippen molar-refractivity contribution < 1.29 is 14.3 Å². The quantitative estimate of drug-likeness (QED) is 0.799. The Hall–Kier alpha value is -2.30. The van der Waals surface area contributed by atoms with E-state index in [1.165, 1.54) is 7.11 Å². The maximum atomic E-state index is 12.5. The van der Waals surface area contributed by atoms with Gasteiger partial charge in [0.25, 0.3) is 0 Å². The summed E-state index contributed by atoms with van der Waals surface area (Å²) in [5, 5.41) is 2.85. The molecule has 0 aromatic rings. The summed E-state index contributed by atoms with van der Waals surface area (Å²) in [4.78, 5) is 26.0. The highest BCUT2D eigenvalue weighted by Crippen LogP contribution is 2.18. The van der Waals surface area contributed by atoms with Crippen LogP contribution in [-0.4, -0.2) is 43.4 Å². The Morgan fingerprint density at radius 1 is 1.29 bits per heavy atom. The minimum atomic E-state index is -0.747. The summed E-state index contributed by atoms with van der Waals surface area (Å²) in [5.74, 6) is -0.641. The lowest BCUT2D eigenvalue weighted by molar-refractivity contribution is -0.142. The van der Waals surface area contributed by atoms with E-state index >= 15 is 0 Å². The average molecular weight is 290 g/mol. The van der Waals surface area contributed by atoms with Crippen molar-refractivity contribution >= 4 is 11.8 Å². The molecule has 21 heavy (non-hydrogen) atoms. The van der Waals surface area contributed by atoms with Gasteiger partial charge < -0.3 is 15.0 Å². The van der Waals surface area contributed by atoms with Gasteiger partial charge in [-0.3, -0.25) is 4.79 Å². The Morgan fingerprint density at radius 3 is 2.62 bits per heavy atom. The minimum Gasteiger partial charge on any atom is -0.467 e. The molecule has 1 N–H and O–H groups in total. The van der Waals surface area contributed by atoms with Crippen molar-refractivity contribution in [2.24, 2.45) is 0 Å². The summed E-state index contributed by atoms with van der Waals surface area (Å²) in [6.45, 7) is 4.68. The molecule has 0 spiro atoms. The SMILES string of the molecule is CC.COC(=O)C1NC=CC=C1C(=O)C1=CC=CCN1C. The second-order valence-electron chi connectivity index (χ2n) is 4.29. The van der Waals surface area contributed by atoms with Crippen LogP contribution in [0, 0.1) is 0 Å². The van der Waals surface area contributed by atoms with Crippen LogP contribution >= 0.6 is 0 Å². The first-order chi connectivity index (χ1) is 10.1. The largest absolute Gasteiger partial charge is 0.467 e. The molecule has 0 amide bonds. The van der Waals surface area contributed by atoms with Gasteiger partial charge in [-0.1, -0.05) is 32.1 Å². The van der Waals surface area contributed by atoms with Crippen LogP contribution in [-0.2, 0) is 14.3 Å². The van der Waals surface area contributed by atoms with Gasteiger partial charge in [0.15, 0.2) is 6.04 Å². The molecular weight excluding hydrogens is 268 g/mol. The van der Waals surface area contributed by atoms with Crippen LogP contribution in [0.15, 0.2) is 47.9 Å². The molecule has 0 saturated carbocycles.